The summed E-state index contributed by atoms with van der Waals surface area (Å²) in [6.07, 6.45) is 1.25. The first-order valence-corrected chi connectivity index (χ1v) is 7.85. The molecule has 0 aromatic rings. The van der Waals surface area contributed by atoms with Gasteiger partial charge in [0, 0.05) is 0 Å². The topological polar surface area (TPSA) is 60.4 Å². The van der Waals surface area contributed by atoms with Crippen molar-refractivity contribution in [3.05, 3.63) is 0 Å². The molecule has 1 aliphatic rings. The monoisotopic (exact) mass is 276 g/mol. The molecule has 0 N–H and O–H groups in total. The van der Waals surface area contributed by atoms with Crippen molar-refractivity contribution in [3.8, 4) is 0 Å². The number of esters is 1. The number of rotatable bonds is 4. The third-order valence-corrected chi connectivity index (χ3v) is 6.92. The average molecular weight is 276 g/mol. The Morgan fingerprint density at radius 1 is 1.17 bits per heavy atom. The van der Waals surface area contributed by atoms with Crippen LogP contribution >= 0.6 is 0 Å². The summed E-state index contributed by atoms with van der Waals surface area (Å²) in [6, 6.07) is 0. The maximum atomic E-state index is 12.6. The molecule has 0 spiro atoms. The summed E-state index contributed by atoms with van der Waals surface area (Å²) in [5, 5.41) is 0. The highest BCUT2D eigenvalue weighted by Gasteiger charge is 2.66. The number of hydrogen-bond donors (Lipinski definition) is 0. The molecule has 0 saturated heterocycles. The van der Waals surface area contributed by atoms with Crippen LogP contribution in [0, 0.1) is 0 Å². The minimum Gasteiger partial charge on any atom is -0.459 e. The molecule has 1 rings (SSSR count). The van der Waals surface area contributed by atoms with E-state index in [0.717, 1.165) is 0 Å². The van der Waals surface area contributed by atoms with Gasteiger partial charge in [-0.3, -0.25) is 4.79 Å². The van der Waals surface area contributed by atoms with Crippen molar-refractivity contribution in [3.63, 3.8) is 0 Å². The normalized spacial score (nSPS) is 19.4. The van der Waals surface area contributed by atoms with Crippen LogP contribution in [-0.4, -0.2) is 29.5 Å². The fourth-order valence-corrected chi connectivity index (χ4v) is 4.12. The summed E-state index contributed by atoms with van der Waals surface area (Å²) in [5.74, 6) is -0.587. The molecule has 0 amide bonds. The van der Waals surface area contributed by atoms with Crippen LogP contribution in [0.15, 0.2) is 0 Å². The van der Waals surface area contributed by atoms with Crippen LogP contribution in [0.3, 0.4) is 0 Å². The first-order chi connectivity index (χ1) is 7.90. The van der Waals surface area contributed by atoms with Gasteiger partial charge in [-0.25, -0.2) is 8.42 Å². The van der Waals surface area contributed by atoms with Gasteiger partial charge < -0.3 is 4.74 Å². The molecule has 0 unspecified atom stereocenters. The standard InChI is InChI=1S/C13H24O4S/c1-7-12(5,6)18(15,16)13(8-9-13)10(14)17-11(2,3)4/h7-9H2,1-6H3. The fraction of sp³-hybridized carbons (Fsp3) is 0.923. The number of hydrogen-bond acceptors (Lipinski definition) is 4. The van der Waals surface area contributed by atoms with Crippen LogP contribution in [0.25, 0.3) is 0 Å². The van der Waals surface area contributed by atoms with Crippen LogP contribution in [0.1, 0.15) is 60.8 Å². The zero-order chi connectivity index (χ0) is 14.4. The molecule has 0 bridgehead atoms. The molecule has 0 heterocycles. The Hall–Kier alpha value is -0.580. The molecule has 1 fully saturated rings. The second kappa shape index (κ2) is 4.22. The second-order valence-electron chi connectivity index (χ2n) is 6.61. The summed E-state index contributed by atoms with van der Waals surface area (Å²) >= 11 is 0. The third kappa shape index (κ3) is 2.42. The van der Waals surface area contributed by atoms with Gasteiger partial charge >= 0.3 is 5.97 Å². The van der Waals surface area contributed by atoms with Crippen molar-refractivity contribution in [1.29, 1.82) is 0 Å². The average Bonchev–Trinajstić information content (AvgIpc) is 2.95. The summed E-state index contributed by atoms with van der Waals surface area (Å²) in [4.78, 5) is 12.2. The highest BCUT2D eigenvalue weighted by Crippen LogP contribution is 2.50. The van der Waals surface area contributed by atoms with E-state index in [2.05, 4.69) is 0 Å². The van der Waals surface area contributed by atoms with E-state index in [-0.39, 0.29) is 0 Å². The Labute approximate surface area is 110 Å². The van der Waals surface area contributed by atoms with Gasteiger partial charge in [0.25, 0.3) is 0 Å². The maximum absolute atomic E-state index is 12.6. The Kier molecular flexibility index (Phi) is 3.63. The van der Waals surface area contributed by atoms with Crippen LogP contribution in [0.2, 0.25) is 0 Å². The van der Waals surface area contributed by atoms with Gasteiger partial charge in [-0.2, -0.15) is 0 Å². The molecular weight excluding hydrogens is 252 g/mol. The first-order valence-electron chi connectivity index (χ1n) is 6.37. The van der Waals surface area contributed by atoms with Gasteiger partial charge in [0.2, 0.25) is 0 Å². The van der Waals surface area contributed by atoms with E-state index in [0.29, 0.717) is 19.3 Å². The van der Waals surface area contributed by atoms with Crippen molar-refractivity contribution in [2.24, 2.45) is 0 Å². The van der Waals surface area contributed by atoms with Gasteiger partial charge in [-0.15, -0.1) is 0 Å². The predicted molar refractivity (Wildman–Crippen MR) is 71.1 cm³/mol. The van der Waals surface area contributed by atoms with E-state index in [1.165, 1.54) is 0 Å². The zero-order valence-electron chi connectivity index (χ0n) is 12.2. The van der Waals surface area contributed by atoms with Crippen LogP contribution in [0.5, 0.6) is 0 Å². The number of carbonyl (C=O) groups is 1. The number of carbonyl (C=O) groups excluding carboxylic acids is 1. The molecule has 1 aliphatic carbocycles. The molecule has 0 aromatic heterocycles. The quantitative estimate of drug-likeness (QED) is 0.740. The third-order valence-electron chi connectivity index (χ3n) is 3.57. The van der Waals surface area contributed by atoms with Gasteiger partial charge in [0.1, 0.15) is 5.60 Å². The fourth-order valence-electron chi connectivity index (χ4n) is 1.79. The van der Waals surface area contributed by atoms with Crippen molar-refractivity contribution in [1.82, 2.24) is 0 Å². The lowest BCUT2D eigenvalue weighted by molar-refractivity contribution is -0.155. The van der Waals surface area contributed by atoms with E-state index in [1.54, 1.807) is 34.6 Å². The Morgan fingerprint density at radius 2 is 1.61 bits per heavy atom. The summed E-state index contributed by atoms with van der Waals surface area (Å²) in [6.45, 7) is 10.4. The lowest BCUT2D eigenvalue weighted by Gasteiger charge is -2.30. The molecule has 18 heavy (non-hydrogen) atoms. The van der Waals surface area contributed by atoms with Crippen LogP contribution in [0.4, 0.5) is 0 Å². The highest BCUT2D eigenvalue weighted by atomic mass is 32.2. The lowest BCUT2D eigenvalue weighted by Crippen LogP contribution is -2.47. The molecule has 0 atom stereocenters. The minimum atomic E-state index is -3.52. The smallest absolute Gasteiger partial charge is 0.328 e. The minimum absolute atomic E-state index is 0.383. The molecular formula is C13H24O4S. The van der Waals surface area contributed by atoms with Gasteiger partial charge in [0.05, 0.1) is 4.75 Å². The molecule has 0 radical (unpaired) electrons. The molecule has 0 aromatic carbocycles. The van der Waals surface area contributed by atoms with Gasteiger partial charge in [-0.1, -0.05) is 6.92 Å². The molecule has 5 heteroatoms. The molecule has 0 aliphatic heterocycles. The lowest BCUT2D eigenvalue weighted by atomic mass is 10.1. The van der Waals surface area contributed by atoms with E-state index in [4.69, 9.17) is 4.74 Å². The zero-order valence-corrected chi connectivity index (χ0v) is 13.0. The second-order valence-corrected chi connectivity index (χ2v) is 9.51. The molecule has 1 saturated carbocycles. The SMILES string of the molecule is CCC(C)(C)S(=O)(=O)C1(C(=O)OC(C)(C)C)CC1. The Morgan fingerprint density at radius 3 is 1.89 bits per heavy atom. The predicted octanol–water partition coefficient (Wildman–Crippen LogP) is 2.46. The molecule has 4 nitrogen and oxygen atoms in total. The summed E-state index contributed by atoms with van der Waals surface area (Å²) in [7, 11) is -3.52. The highest BCUT2D eigenvalue weighted by molar-refractivity contribution is 7.95. The van der Waals surface area contributed by atoms with E-state index in [1.807, 2.05) is 6.92 Å². The summed E-state index contributed by atoms with van der Waals surface area (Å²) < 4.78 is 28.3. The number of sulfone groups is 1. The summed E-state index contributed by atoms with van der Waals surface area (Å²) in [5.41, 5.74) is -0.654. The van der Waals surface area contributed by atoms with Crippen LogP contribution in [-0.2, 0) is 19.4 Å². The van der Waals surface area contributed by atoms with E-state index in [9.17, 15) is 13.2 Å². The van der Waals surface area contributed by atoms with Crippen molar-refractivity contribution in [2.75, 3.05) is 0 Å². The van der Waals surface area contributed by atoms with E-state index >= 15 is 0 Å². The Balaban J connectivity index is 3.06. The first kappa shape index (κ1) is 15.5. The van der Waals surface area contributed by atoms with Crippen molar-refractivity contribution in [2.45, 2.75) is 75.9 Å². The number of ether oxygens (including phenoxy) is 1. The van der Waals surface area contributed by atoms with Crippen molar-refractivity contribution < 1.29 is 17.9 Å². The van der Waals surface area contributed by atoms with Gasteiger partial charge in [0.15, 0.2) is 14.6 Å². The van der Waals surface area contributed by atoms with Crippen molar-refractivity contribution >= 4 is 15.8 Å². The largest absolute Gasteiger partial charge is 0.459 e. The molecule has 106 valence electrons. The van der Waals surface area contributed by atoms with Gasteiger partial charge in [-0.05, 0) is 53.9 Å². The maximum Gasteiger partial charge on any atom is 0.328 e. The van der Waals surface area contributed by atoms with E-state index < -0.39 is 30.9 Å². The Bertz CT molecular complexity index is 436. The van der Waals surface area contributed by atoms with Crippen LogP contribution < -0.4 is 0 Å².